The molecule has 3 amide bonds. The van der Waals surface area contributed by atoms with Crippen LogP contribution < -0.4 is 16.0 Å². The third kappa shape index (κ3) is 4.85. The molecular weight excluding hydrogens is 343 g/mol. The van der Waals surface area contributed by atoms with Crippen molar-refractivity contribution in [3.8, 4) is 0 Å². The second-order valence-corrected chi connectivity index (χ2v) is 5.04. The van der Waals surface area contributed by atoms with Crippen LogP contribution in [-0.4, -0.2) is 36.4 Å². The molecule has 0 spiro atoms. The number of alkyl halides is 3. The number of rotatable bonds is 5. The van der Waals surface area contributed by atoms with Gasteiger partial charge in [-0.05, 0) is 25.5 Å². The molecule has 138 valence electrons. The highest BCUT2D eigenvalue weighted by Crippen LogP contribution is 2.34. The van der Waals surface area contributed by atoms with E-state index in [2.05, 4.69) is 4.74 Å². The van der Waals surface area contributed by atoms with E-state index < -0.39 is 29.7 Å². The van der Waals surface area contributed by atoms with Crippen molar-refractivity contribution in [1.82, 2.24) is 10.6 Å². The van der Waals surface area contributed by atoms with Gasteiger partial charge in [0.15, 0.2) is 0 Å². The van der Waals surface area contributed by atoms with E-state index in [9.17, 15) is 27.6 Å². The molecule has 0 aliphatic heterocycles. The van der Waals surface area contributed by atoms with Gasteiger partial charge in [0, 0.05) is 12.6 Å². The number of carbonyl (C=O) groups is 3. The van der Waals surface area contributed by atoms with Crippen molar-refractivity contribution in [2.75, 3.05) is 11.9 Å². The van der Waals surface area contributed by atoms with Crippen molar-refractivity contribution in [2.24, 2.45) is 0 Å². The maximum absolute atomic E-state index is 13.8. The predicted octanol–water partition coefficient (Wildman–Crippen LogP) is 2.07. The number of carbonyl (C=O) groups excluding carboxylic acids is 3. The molecule has 0 saturated carbocycles. The van der Waals surface area contributed by atoms with Gasteiger partial charge in [-0.25, -0.2) is 9.59 Å². The largest absolute Gasteiger partial charge is 0.463 e. The smallest absolute Gasteiger partial charge is 0.441 e. The number of imide groups is 1. The van der Waals surface area contributed by atoms with Gasteiger partial charge in [-0.1, -0.05) is 18.2 Å². The quantitative estimate of drug-likeness (QED) is 0.551. The van der Waals surface area contributed by atoms with Gasteiger partial charge in [-0.2, -0.15) is 13.2 Å². The first-order valence-corrected chi connectivity index (χ1v) is 7.21. The summed E-state index contributed by atoms with van der Waals surface area (Å²) in [5.41, 5.74) is -3.22. The summed E-state index contributed by atoms with van der Waals surface area (Å²) in [7, 11) is 0. The lowest BCUT2D eigenvalue weighted by Crippen LogP contribution is -2.70. The number of benzene rings is 1. The second kappa shape index (κ2) is 7.86. The lowest BCUT2D eigenvalue weighted by atomic mass is 10.1. The Labute approximate surface area is 141 Å². The number of halogens is 3. The highest BCUT2D eigenvalue weighted by molar-refractivity contribution is 5.97. The van der Waals surface area contributed by atoms with Crippen LogP contribution in [0.15, 0.2) is 24.3 Å². The molecule has 25 heavy (non-hydrogen) atoms. The van der Waals surface area contributed by atoms with Crippen molar-refractivity contribution in [3.63, 3.8) is 0 Å². The molecule has 0 saturated heterocycles. The van der Waals surface area contributed by atoms with E-state index in [0.29, 0.717) is 5.56 Å². The summed E-state index contributed by atoms with van der Waals surface area (Å²) in [6.07, 6.45) is -5.27. The average molecular weight is 361 g/mol. The number of amides is 3. The number of hydrogen-bond donors (Lipinski definition) is 3. The molecule has 0 heterocycles. The lowest BCUT2D eigenvalue weighted by Gasteiger charge is -2.35. The molecule has 0 aromatic heterocycles. The van der Waals surface area contributed by atoms with Crippen LogP contribution in [0, 0.1) is 6.92 Å². The Bertz CT molecular complexity index is 664. The van der Waals surface area contributed by atoms with Gasteiger partial charge >= 0.3 is 23.8 Å². The fourth-order valence-corrected chi connectivity index (χ4v) is 1.91. The number of ether oxygens (including phenoxy) is 1. The molecule has 7 nitrogen and oxygen atoms in total. The number of para-hydroxylation sites is 1. The number of hydrogen-bond acceptors (Lipinski definition) is 5. The number of anilines is 1. The Morgan fingerprint density at radius 2 is 1.76 bits per heavy atom. The normalized spacial score (nSPS) is 13.4. The Hall–Kier alpha value is -2.78. The van der Waals surface area contributed by atoms with Gasteiger partial charge in [0.1, 0.15) is 0 Å². The van der Waals surface area contributed by atoms with E-state index in [4.69, 9.17) is 0 Å². The van der Waals surface area contributed by atoms with Crippen LogP contribution in [0.25, 0.3) is 0 Å². The zero-order valence-corrected chi connectivity index (χ0v) is 13.8. The summed E-state index contributed by atoms with van der Waals surface area (Å²) in [5.74, 6) is -2.65. The number of urea groups is 1. The Kier molecular flexibility index (Phi) is 6.37. The van der Waals surface area contributed by atoms with Crippen molar-refractivity contribution in [2.45, 2.75) is 32.6 Å². The summed E-state index contributed by atoms with van der Waals surface area (Å²) in [6, 6.07) is 4.37. The van der Waals surface area contributed by atoms with E-state index in [0.717, 1.165) is 6.92 Å². The standard InChI is InChI=1S/C15H18F3N3O4/c1-4-25-12(23)14(15(16,17)18,21-13(24)19-10(3)22)20-11-8-6-5-7-9(11)2/h5-8,20H,4H2,1-3H3,(H2,19,21,22,24)/t14-/m0/s1. The predicted molar refractivity (Wildman–Crippen MR) is 82.6 cm³/mol. The molecule has 0 aliphatic rings. The maximum Gasteiger partial charge on any atom is 0.441 e. The highest BCUT2D eigenvalue weighted by Gasteiger charge is 2.63. The van der Waals surface area contributed by atoms with Crippen LogP contribution >= 0.6 is 0 Å². The van der Waals surface area contributed by atoms with Gasteiger partial charge in [0.05, 0.1) is 6.61 Å². The molecule has 1 atom stereocenters. The minimum Gasteiger partial charge on any atom is -0.463 e. The van der Waals surface area contributed by atoms with E-state index in [1.54, 1.807) is 11.4 Å². The molecule has 3 N–H and O–H groups in total. The summed E-state index contributed by atoms with van der Waals surface area (Å²) in [6.45, 7) is 3.43. The van der Waals surface area contributed by atoms with Crippen LogP contribution in [0.1, 0.15) is 19.4 Å². The van der Waals surface area contributed by atoms with Gasteiger partial charge in [0.25, 0.3) is 0 Å². The van der Waals surface area contributed by atoms with Gasteiger partial charge < -0.3 is 10.1 Å². The van der Waals surface area contributed by atoms with Crippen molar-refractivity contribution in [3.05, 3.63) is 29.8 Å². The Morgan fingerprint density at radius 1 is 1.16 bits per heavy atom. The van der Waals surface area contributed by atoms with Crippen LogP contribution in [0.2, 0.25) is 0 Å². The molecule has 1 aromatic rings. The molecular formula is C15H18F3N3O4. The highest BCUT2D eigenvalue weighted by atomic mass is 19.4. The van der Waals surface area contributed by atoms with Gasteiger partial charge in [-0.3, -0.25) is 15.4 Å². The first kappa shape index (κ1) is 20.3. The Balaban J connectivity index is 3.39. The lowest BCUT2D eigenvalue weighted by molar-refractivity contribution is -0.204. The van der Waals surface area contributed by atoms with Gasteiger partial charge in [-0.15, -0.1) is 0 Å². The first-order chi connectivity index (χ1) is 11.5. The zero-order chi connectivity index (χ0) is 19.3. The van der Waals surface area contributed by atoms with Crippen LogP contribution in [0.4, 0.5) is 23.7 Å². The summed E-state index contributed by atoms with van der Waals surface area (Å²) in [5, 5.41) is 5.12. The first-order valence-electron chi connectivity index (χ1n) is 7.21. The van der Waals surface area contributed by atoms with E-state index in [-0.39, 0.29) is 12.3 Å². The summed E-state index contributed by atoms with van der Waals surface area (Å²) in [4.78, 5) is 34.7. The summed E-state index contributed by atoms with van der Waals surface area (Å²) >= 11 is 0. The second-order valence-electron chi connectivity index (χ2n) is 5.04. The molecule has 0 unspecified atom stereocenters. The fourth-order valence-electron chi connectivity index (χ4n) is 1.91. The van der Waals surface area contributed by atoms with E-state index in [1.807, 2.05) is 5.32 Å². The van der Waals surface area contributed by atoms with Crippen LogP contribution in [0.5, 0.6) is 0 Å². The minimum absolute atomic E-state index is 0.0454. The fraction of sp³-hybridized carbons (Fsp3) is 0.400. The van der Waals surface area contributed by atoms with Crippen molar-refractivity contribution in [1.29, 1.82) is 0 Å². The van der Waals surface area contributed by atoms with Gasteiger partial charge in [0.2, 0.25) is 5.91 Å². The number of esters is 1. The Morgan fingerprint density at radius 3 is 2.24 bits per heavy atom. The zero-order valence-electron chi connectivity index (χ0n) is 13.8. The molecule has 1 rings (SSSR count). The monoisotopic (exact) mass is 361 g/mol. The molecule has 0 bridgehead atoms. The molecule has 10 heteroatoms. The van der Waals surface area contributed by atoms with Crippen LogP contribution in [-0.2, 0) is 14.3 Å². The maximum atomic E-state index is 13.8. The average Bonchev–Trinajstić information content (AvgIpc) is 2.46. The van der Waals surface area contributed by atoms with E-state index in [1.165, 1.54) is 37.4 Å². The summed E-state index contributed by atoms with van der Waals surface area (Å²) < 4.78 is 45.8. The third-order valence-corrected chi connectivity index (χ3v) is 3.06. The van der Waals surface area contributed by atoms with Crippen molar-refractivity contribution < 1.29 is 32.3 Å². The molecule has 0 aliphatic carbocycles. The molecule has 1 aromatic carbocycles. The number of nitrogens with one attached hydrogen (secondary N) is 3. The minimum atomic E-state index is -5.27. The number of aryl methyl sites for hydroxylation is 1. The topological polar surface area (TPSA) is 96.5 Å². The van der Waals surface area contributed by atoms with Crippen molar-refractivity contribution >= 4 is 23.6 Å². The third-order valence-electron chi connectivity index (χ3n) is 3.06. The van der Waals surface area contributed by atoms with E-state index >= 15 is 0 Å². The SMILES string of the molecule is CCOC(=O)[C@@](NC(=O)NC(C)=O)(Nc1ccccc1C)C(F)(F)F. The molecule has 0 radical (unpaired) electrons. The van der Waals surface area contributed by atoms with Crippen LogP contribution in [0.3, 0.4) is 0 Å². The molecule has 0 fully saturated rings.